The number of hydrogen-bond acceptors (Lipinski definition) is 5. The monoisotopic (exact) mass is 372 g/mol. The molecule has 0 aliphatic rings. The Kier molecular flexibility index (Phi) is 17.5. The number of hydrogen-bond donors (Lipinski definition) is 3. The van der Waals surface area contributed by atoms with Gasteiger partial charge in [-0.1, -0.05) is 44.9 Å². The van der Waals surface area contributed by atoms with Crippen molar-refractivity contribution in [1.82, 2.24) is 0 Å². The Morgan fingerprint density at radius 3 is 1.61 bits per heavy atom. The van der Waals surface area contributed by atoms with Gasteiger partial charge in [-0.05, 0) is 18.6 Å². The molecule has 0 saturated heterocycles. The molecule has 0 aromatic heterocycles. The van der Waals surface area contributed by atoms with Crippen molar-refractivity contribution in [2.24, 2.45) is 0 Å². The Morgan fingerprint density at radius 1 is 0.652 bits per heavy atom. The predicted molar refractivity (Wildman–Crippen MR) is 95.0 cm³/mol. The fourth-order valence-corrected chi connectivity index (χ4v) is 2.63. The van der Waals surface area contributed by atoms with Crippen LogP contribution in [0.25, 0.3) is 0 Å². The molecule has 0 aliphatic heterocycles. The van der Waals surface area contributed by atoms with Gasteiger partial charge in [0.25, 0.3) is 0 Å². The molecule has 0 aliphatic carbocycles. The van der Waals surface area contributed by atoms with Crippen molar-refractivity contribution in [2.45, 2.75) is 57.8 Å². The smallest absolute Gasteiger partial charge is 0.379 e. The molecule has 2 N–H and O–H groups in total. The molecule has 0 fully saturated rings. The highest BCUT2D eigenvalue weighted by Crippen LogP contribution is 2.35. The first-order valence-corrected chi connectivity index (χ1v) is 10.7. The molecule has 140 valence electrons. The quantitative estimate of drug-likeness (QED) is 0.194. The molecule has 23 heavy (non-hydrogen) atoms. The maximum Gasteiger partial charge on any atom is 0.469 e. The van der Waals surface area contributed by atoms with Crippen molar-refractivity contribution in [3.8, 4) is 0 Å². The molecule has 8 heteroatoms. The first-order valence-electron chi connectivity index (χ1n) is 8.52. The van der Waals surface area contributed by atoms with Gasteiger partial charge in [0.2, 0.25) is 0 Å². The van der Waals surface area contributed by atoms with E-state index in [1.54, 1.807) is 0 Å². The van der Waals surface area contributed by atoms with Crippen molar-refractivity contribution >= 4 is 20.5 Å². The summed E-state index contributed by atoms with van der Waals surface area (Å²) in [5, 5.41) is 0. The summed E-state index contributed by atoms with van der Waals surface area (Å²) in [7, 11) is -4.37. The van der Waals surface area contributed by atoms with E-state index in [9.17, 15) is 4.57 Å². The average Bonchev–Trinajstić information content (AvgIpc) is 2.49. The van der Waals surface area contributed by atoms with E-state index in [2.05, 4.69) is 17.2 Å². The molecule has 0 bridgehead atoms. The largest absolute Gasteiger partial charge is 0.469 e. The van der Waals surface area contributed by atoms with Crippen molar-refractivity contribution in [3.05, 3.63) is 0 Å². The third-order valence-corrected chi connectivity index (χ3v) is 4.14. The van der Waals surface area contributed by atoms with Crippen molar-refractivity contribution in [1.29, 1.82) is 0 Å². The van der Waals surface area contributed by atoms with Gasteiger partial charge >= 0.3 is 7.82 Å². The second-order valence-electron chi connectivity index (χ2n) is 5.45. The molecule has 0 spiro atoms. The van der Waals surface area contributed by atoms with Gasteiger partial charge in [0.05, 0.1) is 26.4 Å². The van der Waals surface area contributed by atoms with Crippen LogP contribution in [0.5, 0.6) is 0 Å². The van der Waals surface area contributed by atoms with Crippen LogP contribution >= 0.6 is 20.5 Å². The minimum Gasteiger partial charge on any atom is -0.379 e. The van der Waals surface area contributed by atoms with E-state index in [1.807, 2.05) is 0 Å². The Morgan fingerprint density at radius 2 is 1.09 bits per heavy atom. The normalized spacial score (nSPS) is 12.0. The highest BCUT2D eigenvalue weighted by molar-refractivity contribution is 7.80. The molecule has 0 heterocycles. The highest BCUT2D eigenvalue weighted by atomic mass is 32.1. The summed E-state index contributed by atoms with van der Waals surface area (Å²) in [5.41, 5.74) is 0. The number of phosphoric acid groups is 1. The number of ether oxygens (including phenoxy) is 2. The lowest BCUT2D eigenvalue weighted by Crippen LogP contribution is -2.09. The Bertz CT molecular complexity index is 287. The first-order chi connectivity index (χ1) is 11.1. The Hall–Kier alpha value is 0.380. The highest BCUT2D eigenvalue weighted by Gasteiger charge is 2.12. The summed E-state index contributed by atoms with van der Waals surface area (Å²) < 4.78 is 25.2. The fourth-order valence-electron chi connectivity index (χ4n) is 2.09. The van der Waals surface area contributed by atoms with E-state index < -0.39 is 7.82 Å². The lowest BCUT2D eigenvalue weighted by molar-refractivity contribution is 0.0312. The SMILES string of the molecule is O=P(O)(O)OCCOCCOCCCCCCCCCCCS. The van der Waals surface area contributed by atoms with Gasteiger partial charge in [-0.2, -0.15) is 12.6 Å². The summed E-state index contributed by atoms with van der Waals surface area (Å²) in [6.07, 6.45) is 11.4. The molecule has 0 radical (unpaired) electrons. The van der Waals surface area contributed by atoms with Crippen LogP contribution in [0.1, 0.15) is 57.8 Å². The third kappa shape index (κ3) is 22.4. The lowest BCUT2D eigenvalue weighted by Gasteiger charge is -2.07. The second-order valence-corrected chi connectivity index (χ2v) is 7.14. The van der Waals surface area contributed by atoms with E-state index in [1.165, 1.54) is 51.4 Å². The van der Waals surface area contributed by atoms with E-state index >= 15 is 0 Å². The van der Waals surface area contributed by atoms with Gasteiger partial charge in [-0.3, -0.25) is 4.52 Å². The van der Waals surface area contributed by atoms with Crippen molar-refractivity contribution in [3.63, 3.8) is 0 Å². The van der Waals surface area contributed by atoms with Gasteiger partial charge < -0.3 is 19.3 Å². The second kappa shape index (κ2) is 17.2. The molecule has 0 atom stereocenters. The van der Waals surface area contributed by atoms with Crippen LogP contribution in [0.4, 0.5) is 0 Å². The average molecular weight is 372 g/mol. The van der Waals surface area contributed by atoms with Crippen molar-refractivity contribution < 1.29 is 28.3 Å². The summed E-state index contributed by atoms with van der Waals surface area (Å²) in [6.45, 7) is 1.70. The zero-order chi connectivity index (χ0) is 17.2. The minimum absolute atomic E-state index is 0.112. The zero-order valence-electron chi connectivity index (χ0n) is 14.0. The van der Waals surface area contributed by atoms with E-state index in [0.717, 1.165) is 18.8 Å². The maximum absolute atomic E-state index is 10.4. The minimum atomic E-state index is -4.37. The van der Waals surface area contributed by atoms with Crippen molar-refractivity contribution in [2.75, 3.05) is 38.8 Å². The third-order valence-electron chi connectivity index (χ3n) is 3.31. The Labute approximate surface area is 145 Å². The lowest BCUT2D eigenvalue weighted by atomic mass is 10.1. The summed E-state index contributed by atoms with van der Waals surface area (Å²) in [6, 6.07) is 0. The molecular weight excluding hydrogens is 339 g/mol. The summed E-state index contributed by atoms with van der Waals surface area (Å²) >= 11 is 4.20. The Balaban J connectivity index is 3.01. The van der Waals surface area contributed by atoms with E-state index in [4.69, 9.17) is 19.3 Å². The molecule has 0 aromatic carbocycles. The van der Waals surface area contributed by atoms with Crippen LogP contribution in [0, 0.1) is 0 Å². The van der Waals surface area contributed by atoms with Gasteiger partial charge in [0, 0.05) is 6.61 Å². The van der Waals surface area contributed by atoms with Gasteiger partial charge in [0.1, 0.15) is 0 Å². The number of rotatable bonds is 18. The van der Waals surface area contributed by atoms with Crippen LogP contribution in [0.15, 0.2) is 0 Å². The van der Waals surface area contributed by atoms with Crippen LogP contribution in [-0.4, -0.2) is 48.6 Å². The number of thiol groups is 1. The summed E-state index contributed by atoms with van der Waals surface area (Å²) in [4.78, 5) is 16.9. The molecule has 0 unspecified atom stereocenters. The number of phosphoric ester groups is 1. The van der Waals surface area contributed by atoms with Gasteiger partial charge in [-0.15, -0.1) is 0 Å². The zero-order valence-corrected chi connectivity index (χ0v) is 15.8. The fraction of sp³-hybridized carbons (Fsp3) is 1.00. The van der Waals surface area contributed by atoms with Gasteiger partial charge in [-0.25, -0.2) is 4.57 Å². The molecule has 0 aromatic rings. The molecule has 0 saturated carbocycles. The summed E-state index contributed by atoms with van der Waals surface area (Å²) in [5.74, 6) is 1.01. The van der Waals surface area contributed by atoms with Gasteiger partial charge in [0.15, 0.2) is 0 Å². The topological polar surface area (TPSA) is 85.2 Å². The molecular formula is C15H33O6PS. The van der Waals surface area contributed by atoms with Crippen LogP contribution in [-0.2, 0) is 18.6 Å². The number of unbranched alkanes of at least 4 members (excludes halogenated alkanes) is 8. The predicted octanol–water partition coefficient (Wildman–Crippen LogP) is 3.57. The standard InChI is InChI=1S/C15H33O6PS/c16-22(17,18)21-14-13-20-12-11-19-10-8-6-4-2-1-3-5-7-9-15-23/h23H,1-15H2,(H2,16,17,18). The molecule has 0 amide bonds. The molecule has 0 rings (SSSR count). The van der Waals surface area contributed by atoms with E-state index in [0.29, 0.717) is 13.2 Å². The van der Waals surface area contributed by atoms with Crippen LogP contribution in [0.3, 0.4) is 0 Å². The first kappa shape index (κ1) is 23.4. The van der Waals surface area contributed by atoms with Crippen LogP contribution < -0.4 is 0 Å². The molecule has 6 nitrogen and oxygen atoms in total. The maximum atomic E-state index is 10.4. The van der Waals surface area contributed by atoms with Crippen LogP contribution in [0.2, 0.25) is 0 Å². The van der Waals surface area contributed by atoms with E-state index in [-0.39, 0.29) is 13.2 Å².